The van der Waals surface area contributed by atoms with Crippen LogP contribution >= 0.6 is 11.3 Å². The van der Waals surface area contributed by atoms with Crippen LogP contribution in [0.5, 0.6) is 0 Å². The monoisotopic (exact) mass is 222 g/mol. The van der Waals surface area contributed by atoms with E-state index in [9.17, 15) is 18.0 Å². The van der Waals surface area contributed by atoms with E-state index >= 15 is 0 Å². The third kappa shape index (κ3) is 3.91. The summed E-state index contributed by atoms with van der Waals surface area (Å²) >= 11 is 1.26. The molecule has 0 N–H and O–H groups in total. The summed E-state index contributed by atoms with van der Waals surface area (Å²) < 4.78 is 35.2. The number of Topliss-reactive ketones (excluding diaryl/α,β-unsaturated/α-hetero) is 1. The van der Waals surface area contributed by atoms with Crippen molar-refractivity contribution in [3.8, 4) is 0 Å². The lowest BCUT2D eigenvalue weighted by Gasteiger charge is -2.04. The van der Waals surface area contributed by atoms with Crippen LogP contribution in [0.15, 0.2) is 17.5 Å². The lowest BCUT2D eigenvalue weighted by atomic mass is 10.1. The number of alkyl halides is 3. The van der Waals surface area contributed by atoms with Gasteiger partial charge in [-0.3, -0.25) is 4.79 Å². The molecule has 78 valence electrons. The van der Waals surface area contributed by atoms with Gasteiger partial charge < -0.3 is 0 Å². The molecular weight excluding hydrogens is 213 g/mol. The summed E-state index contributed by atoms with van der Waals surface area (Å²) in [7, 11) is 0. The molecule has 0 saturated carbocycles. The maximum absolute atomic E-state index is 11.7. The van der Waals surface area contributed by atoms with Gasteiger partial charge in [0, 0.05) is 12.8 Å². The van der Waals surface area contributed by atoms with Crippen molar-refractivity contribution in [2.45, 2.75) is 25.4 Å². The van der Waals surface area contributed by atoms with E-state index in [1.165, 1.54) is 11.3 Å². The van der Waals surface area contributed by atoms with E-state index in [0.29, 0.717) is 4.88 Å². The average Bonchev–Trinajstić information content (AvgIpc) is 2.53. The van der Waals surface area contributed by atoms with Gasteiger partial charge in [-0.1, -0.05) is 6.07 Å². The molecule has 0 aliphatic rings. The number of rotatable bonds is 4. The quantitative estimate of drug-likeness (QED) is 0.710. The maximum Gasteiger partial charge on any atom is 0.389 e. The van der Waals surface area contributed by atoms with Crippen molar-refractivity contribution >= 4 is 17.1 Å². The van der Waals surface area contributed by atoms with Gasteiger partial charge in [0.15, 0.2) is 5.78 Å². The Hall–Kier alpha value is -0.840. The first-order valence-corrected chi connectivity index (χ1v) is 5.00. The van der Waals surface area contributed by atoms with E-state index in [1.54, 1.807) is 17.5 Å². The maximum atomic E-state index is 11.7. The highest BCUT2D eigenvalue weighted by Gasteiger charge is 2.26. The molecule has 0 atom stereocenters. The summed E-state index contributed by atoms with van der Waals surface area (Å²) in [5.74, 6) is -0.204. The highest BCUT2D eigenvalue weighted by molar-refractivity contribution is 7.12. The molecule has 0 spiro atoms. The van der Waals surface area contributed by atoms with E-state index in [1.807, 2.05) is 0 Å². The number of carbonyl (C=O) groups excluding carboxylic acids is 1. The fourth-order valence-electron chi connectivity index (χ4n) is 1.01. The van der Waals surface area contributed by atoms with Gasteiger partial charge in [-0.25, -0.2) is 0 Å². The molecule has 1 rings (SSSR count). The molecule has 1 nitrogen and oxygen atoms in total. The van der Waals surface area contributed by atoms with Crippen molar-refractivity contribution in [3.05, 3.63) is 22.4 Å². The second-order valence-corrected chi connectivity index (χ2v) is 3.82. The predicted octanol–water partition coefficient (Wildman–Crippen LogP) is 3.66. The summed E-state index contributed by atoms with van der Waals surface area (Å²) in [5, 5.41) is 1.73. The minimum Gasteiger partial charge on any atom is -0.293 e. The number of hydrogen-bond donors (Lipinski definition) is 0. The van der Waals surface area contributed by atoms with Crippen LogP contribution in [0, 0.1) is 0 Å². The highest BCUT2D eigenvalue weighted by atomic mass is 32.1. The van der Waals surface area contributed by atoms with Crippen molar-refractivity contribution in [2.75, 3.05) is 0 Å². The first-order valence-electron chi connectivity index (χ1n) is 4.12. The van der Waals surface area contributed by atoms with Gasteiger partial charge in [0.05, 0.1) is 4.88 Å². The van der Waals surface area contributed by atoms with Crippen LogP contribution in [0.25, 0.3) is 0 Å². The Morgan fingerprint density at radius 2 is 2.14 bits per heavy atom. The summed E-state index contributed by atoms with van der Waals surface area (Å²) in [6.07, 6.45) is -5.19. The fourth-order valence-corrected chi connectivity index (χ4v) is 1.70. The molecule has 0 radical (unpaired) electrons. The van der Waals surface area contributed by atoms with E-state index in [2.05, 4.69) is 0 Å². The number of hydrogen-bond acceptors (Lipinski definition) is 2. The Morgan fingerprint density at radius 1 is 1.43 bits per heavy atom. The number of carbonyl (C=O) groups is 1. The Kier molecular flexibility index (Phi) is 3.69. The topological polar surface area (TPSA) is 17.1 Å². The Balaban J connectivity index is 2.30. The Morgan fingerprint density at radius 3 is 2.64 bits per heavy atom. The van der Waals surface area contributed by atoms with E-state index in [-0.39, 0.29) is 18.6 Å². The predicted molar refractivity (Wildman–Crippen MR) is 48.6 cm³/mol. The zero-order valence-electron chi connectivity index (χ0n) is 7.30. The van der Waals surface area contributed by atoms with Gasteiger partial charge in [0.1, 0.15) is 0 Å². The highest BCUT2D eigenvalue weighted by Crippen LogP contribution is 2.23. The van der Waals surface area contributed by atoms with Gasteiger partial charge in [-0.15, -0.1) is 11.3 Å². The zero-order chi connectivity index (χ0) is 10.6. The van der Waals surface area contributed by atoms with Crippen molar-refractivity contribution < 1.29 is 18.0 Å². The third-order valence-corrected chi connectivity index (χ3v) is 2.57. The molecular formula is C9H9F3OS. The number of ketones is 1. The van der Waals surface area contributed by atoms with E-state index in [0.717, 1.165) is 0 Å². The molecule has 1 aromatic heterocycles. The molecule has 14 heavy (non-hydrogen) atoms. The van der Waals surface area contributed by atoms with Crippen molar-refractivity contribution in [3.63, 3.8) is 0 Å². The lowest BCUT2D eigenvalue weighted by Crippen LogP contribution is -2.08. The number of thiophene rings is 1. The normalized spacial score (nSPS) is 11.6. The average molecular weight is 222 g/mol. The van der Waals surface area contributed by atoms with Crippen molar-refractivity contribution in [1.82, 2.24) is 0 Å². The molecule has 1 aromatic rings. The molecule has 0 unspecified atom stereocenters. The van der Waals surface area contributed by atoms with E-state index in [4.69, 9.17) is 0 Å². The smallest absolute Gasteiger partial charge is 0.293 e. The van der Waals surface area contributed by atoms with Crippen LogP contribution < -0.4 is 0 Å². The molecule has 0 fully saturated rings. The van der Waals surface area contributed by atoms with Crippen molar-refractivity contribution in [1.29, 1.82) is 0 Å². The van der Waals surface area contributed by atoms with Crippen molar-refractivity contribution in [2.24, 2.45) is 0 Å². The summed E-state index contributed by atoms with van der Waals surface area (Å²) in [6, 6.07) is 3.34. The third-order valence-electron chi connectivity index (χ3n) is 1.66. The Bertz CT molecular complexity index is 290. The van der Waals surface area contributed by atoms with Crippen LogP contribution in [0.4, 0.5) is 13.2 Å². The molecule has 1 heterocycles. The van der Waals surface area contributed by atoms with Gasteiger partial charge >= 0.3 is 6.18 Å². The standard InChI is InChI=1S/C9H9F3OS/c10-9(11,12)5-1-3-7(13)8-4-2-6-14-8/h2,4,6H,1,3,5H2. The minimum absolute atomic E-state index is 0.0278. The van der Waals surface area contributed by atoms with Gasteiger partial charge in [-0.2, -0.15) is 13.2 Å². The lowest BCUT2D eigenvalue weighted by molar-refractivity contribution is -0.135. The van der Waals surface area contributed by atoms with Gasteiger partial charge in [-0.05, 0) is 17.9 Å². The first kappa shape index (κ1) is 11.2. The molecule has 5 heteroatoms. The summed E-state index contributed by atoms with van der Waals surface area (Å²) in [6.45, 7) is 0. The fraction of sp³-hybridized carbons (Fsp3) is 0.444. The van der Waals surface area contributed by atoms with Crippen LogP contribution in [0.2, 0.25) is 0 Å². The van der Waals surface area contributed by atoms with Crippen LogP contribution in [0.3, 0.4) is 0 Å². The Labute approximate surface area is 83.6 Å². The zero-order valence-corrected chi connectivity index (χ0v) is 8.12. The van der Waals surface area contributed by atoms with E-state index < -0.39 is 12.6 Å². The molecule has 0 amide bonds. The summed E-state index contributed by atoms with van der Waals surface area (Å²) in [4.78, 5) is 11.8. The number of halogens is 3. The van der Waals surface area contributed by atoms with Crippen LogP contribution in [0.1, 0.15) is 28.9 Å². The molecule has 0 aliphatic carbocycles. The SMILES string of the molecule is O=C(CCCC(F)(F)F)c1cccs1. The second-order valence-electron chi connectivity index (χ2n) is 2.87. The molecule has 0 bridgehead atoms. The van der Waals surface area contributed by atoms with Gasteiger partial charge in [0.2, 0.25) is 0 Å². The van der Waals surface area contributed by atoms with Crippen LogP contribution in [-0.4, -0.2) is 12.0 Å². The first-order chi connectivity index (χ1) is 6.49. The largest absolute Gasteiger partial charge is 0.389 e. The van der Waals surface area contributed by atoms with Gasteiger partial charge in [0.25, 0.3) is 0 Å². The minimum atomic E-state index is -4.16. The van der Waals surface area contributed by atoms with Crippen LogP contribution in [-0.2, 0) is 0 Å². The molecule has 0 aromatic carbocycles. The molecule has 0 saturated heterocycles. The second kappa shape index (κ2) is 4.59. The summed E-state index contributed by atoms with van der Waals surface area (Å²) in [5.41, 5.74) is 0. The molecule has 0 aliphatic heterocycles.